The maximum atomic E-state index is 14.2. The Morgan fingerprint density at radius 1 is 1.15 bits per heavy atom. The van der Waals surface area contributed by atoms with Gasteiger partial charge in [-0.2, -0.15) is 0 Å². The highest BCUT2D eigenvalue weighted by Crippen LogP contribution is 2.35. The molecule has 10 nitrogen and oxygen atoms in total. The van der Waals surface area contributed by atoms with E-state index >= 15 is 0 Å². The van der Waals surface area contributed by atoms with Crippen LogP contribution < -0.4 is 19.7 Å². The van der Waals surface area contributed by atoms with Crippen molar-refractivity contribution in [3.63, 3.8) is 0 Å². The van der Waals surface area contributed by atoms with Crippen LogP contribution in [0, 0.1) is 17.7 Å². The third-order valence-electron chi connectivity index (χ3n) is 7.95. The number of sulfonamides is 1. The summed E-state index contributed by atoms with van der Waals surface area (Å²) in [4.78, 5) is 25.7. The molecule has 4 rings (SSSR count). The summed E-state index contributed by atoms with van der Waals surface area (Å²) >= 11 is 0. The van der Waals surface area contributed by atoms with Crippen molar-refractivity contribution in [3.05, 3.63) is 42.1 Å². The molecule has 41 heavy (non-hydrogen) atoms. The van der Waals surface area contributed by atoms with Crippen LogP contribution in [0.15, 0.2) is 30.7 Å². The van der Waals surface area contributed by atoms with Gasteiger partial charge in [0.15, 0.2) is 11.6 Å². The minimum absolute atomic E-state index is 0.0405. The van der Waals surface area contributed by atoms with Crippen molar-refractivity contribution in [1.29, 1.82) is 0 Å². The first-order valence-corrected chi connectivity index (χ1v) is 16.4. The molecule has 1 amide bonds. The molecular formula is C29H43FN6O4S. The number of ether oxygens (including phenoxy) is 1. The molecule has 0 bridgehead atoms. The molecule has 1 aromatic heterocycles. The predicted octanol–water partition coefficient (Wildman–Crippen LogP) is 3.80. The molecule has 12 heteroatoms. The Morgan fingerprint density at radius 2 is 1.88 bits per heavy atom. The highest BCUT2D eigenvalue weighted by Gasteiger charge is 2.28. The number of halogens is 1. The topological polar surface area (TPSA) is 117 Å². The average Bonchev–Trinajstić information content (AvgIpc) is 3.39. The summed E-state index contributed by atoms with van der Waals surface area (Å²) in [5, 5.41) is 3.63. The molecule has 2 fully saturated rings. The quantitative estimate of drug-likeness (QED) is 0.384. The standard InChI is InChI=1S/C29H43FN6O4S/c1-5-36(20(2)3)29(37)25-14-23(30)8-11-26(25)40-27-17-32-19-33-28(27)35-13-12-22(18-35)16-31-15-21-6-9-24(10-7-21)34-41(4,38)39/h8,11,14,17,19-22,24,31,34H,5-7,9-10,12-13,15-16,18H2,1-4H3/t21-,22-,24-/m1/s1. The lowest BCUT2D eigenvalue weighted by Gasteiger charge is -2.29. The average molecular weight is 591 g/mol. The van der Waals surface area contributed by atoms with Crippen LogP contribution in [-0.2, 0) is 10.0 Å². The molecular weight excluding hydrogens is 547 g/mol. The van der Waals surface area contributed by atoms with Crippen LogP contribution in [0.1, 0.15) is 63.2 Å². The fraction of sp³-hybridized carbons (Fsp3) is 0.621. The maximum Gasteiger partial charge on any atom is 0.257 e. The Bertz CT molecular complexity index is 1290. The fourth-order valence-corrected chi connectivity index (χ4v) is 6.71. The highest BCUT2D eigenvalue weighted by atomic mass is 32.2. The van der Waals surface area contributed by atoms with Crippen molar-refractivity contribution in [2.45, 2.75) is 65.0 Å². The molecule has 1 aliphatic carbocycles. The van der Waals surface area contributed by atoms with E-state index in [1.54, 1.807) is 11.1 Å². The van der Waals surface area contributed by atoms with Gasteiger partial charge in [0.2, 0.25) is 10.0 Å². The lowest BCUT2D eigenvalue weighted by Crippen LogP contribution is -2.39. The lowest BCUT2D eigenvalue weighted by atomic mass is 9.86. The summed E-state index contributed by atoms with van der Waals surface area (Å²) in [5.41, 5.74) is 0.167. The molecule has 1 aliphatic heterocycles. The molecule has 1 saturated carbocycles. The second kappa shape index (κ2) is 13.9. The molecule has 226 valence electrons. The minimum Gasteiger partial charge on any atom is -0.451 e. The van der Waals surface area contributed by atoms with Gasteiger partial charge < -0.3 is 19.9 Å². The molecule has 2 aliphatic rings. The number of benzene rings is 1. The first-order chi connectivity index (χ1) is 19.5. The predicted molar refractivity (Wildman–Crippen MR) is 157 cm³/mol. The third kappa shape index (κ3) is 8.59. The molecule has 1 aromatic carbocycles. The van der Waals surface area contributed by atoms with Crippen molar-refractivity contribution in [3.8, 4) is 11.5 Å². The zero-order valence-corrected chi connectivity index (χ0v) is 25.3. The zero-order chi connectivity index (χ0) is 29.6. The Labute approximate surface area is 243 Å². The van der Waals surface area contributed by atoms with Gasteiger partial charge >= 0.3 is 0 Å². The van der Waals surface area contributed by atoms with E-state index in [0.717, 1.165) is 58.3 Å². The summed E-state index contributed by atoms with van der Waals surface area (Å²) in [5.74, 6) is 1.55. The van der Waals surface area contributed by atoms with E-state index in [0.29, 0.717) is 29.9 Å². The number of carbonyl (C=O) groups excluding carboxylic acids is 1. The van der Waals surface area contributed by atoms with Crippen molar-refractivity contribution < 1.29 is 22.3 Å². The van der Waals surface area contributed by atoms with Crippen LogP contribution >= 0.6 is 0 Å². The van der Waals surface area contributed by atoms with Crippen LogP contribution in [0.4, 0.5) is 10.2 Å². The minimum atomic E-state index is -3.15. The van der Waals surface area contributed by atoms with Gasteiger partial charge in [0.25, 0.3) is 5.91 Å². The van der Waals surface area contributed by atoms with Gasteiger partial charge in [-0.25, -0.2) is 27.5 Å². The summed E-state index contributed by atoms with van der Waals surface area (Å²) in [6.07, 6.45) is 9.07. The molecule has 1 atom stereocenters. The molecule has 2 N–H and O–H groups in total. The molecule has 2 heterocycles. The van der Waals surface area contributed by atoms with Gasteiger partial charge in [0.05, 0.1) is 18.0 Å². The summed E-state index contributed by atoms with van der Waals surface area (Å²) in [6, 6.07) is 4.00. The van der Waals surface area contributed by atoms with Crippen LogP contribution in [0.25, 0.3) is 0 Å². The van der Waals surface area contributed by atoms with E-state index in [1.165, 1.54) is 30.8 Å². The molecule has 1 saturated heterocycles. The first-order valence-electron chi connectivity index (χ1n) is 14.5. The van der Waals surface area contributed by atoms with Crippen molar-refractivity contribution >= 4 is 21.7 Å². The van der Waals surface area contributed by atoms with E-state index in [1.807, 2.05) is 20.8 Å². The lowest BCUT2D eigenvalue weighted by molar-refractivity contribution is 0.0713. The number of nitrogens with zero attached hydrogens (tertiary/aromatic N) is 4. The number of aromatic nitrogens is 2. The summed E-state index contributed by atoms with van der Waals surface area (Å²) in [7, 11) is -3.15. The van der Waals surface area contributed by atoms with Gasteiger partial charge in [-0.3, -0.25) is 4.79 Å². The fourth-order valence-electron chi connectivity index (χ4n) is 5.87. The van der Waals surface area contributed by atoms with Gasteiger partial charge in [-0.05, 0) is 96.0 Å². The molecule has 0 spiro atoms. The van der Waals surface area contributed by atoms with E-state index in [4.69, 9.17) is 4.74 Å². The smallest absolute Gasteiger partial charge is 0.257 e. The number of hydrogen-bond acceptors (Lipinski definition) is 8. The van der Waals surface area contributed by atoms with Gasteiger partial charge in [0.1, 0.15) is 17.9 Å². The molecule has 0 radical (unpaired) electrons. The normalized spacial score (nSPS) is 21.3. The number of rotatable bonds is 12. The van der Waals surface area contributed by atoms with Crippen LogP contribution in [0.3, 0.4) is 0 Å². The second-order valence-electron chi connectivity index (χ2n) is 11.5. The van der Waals surface area contributed by atoms with Gasteiger partial charge in [-0.1, -0.05) is 0 Å². The number of anilines is 1. The first kappa shape index (κ1) is 31.1. The Morgan fingerprint density at radius 3 is 2.56 bits per heavy atom. The van der Waals surface area contributed by atoms with Gasteiger partial charge in [0, 0.05) is 31.7 Å². The Balaban J connectivity index is 1.34. The second-order valence-corrected chi connectivity index (χ2v) is 13.3. The zero-order valence-electron chi connectivity index (χ0n) is 24.5. The molecule has 0 unspecified atom stereocenters. The largest absolute Gasteiger partial charge is 0.451 e. The van der Waals surface area contributed by atoms with Crippen molar-refractivity contribution in [2.24, 2.45) is 11.8 Å². The summed E-state index contributed by atoms with van der Waals surface area (Å²) < 4.78 is 46.1. The van der Waals surface area contributed by atoms with E-state index < -0.39 is 15.8 Å². The molecule has 2 aromatic rings. The number of nitrogens with one attached hydrogen (secondary N) is 2. The monoisotopic (exact) mass is 590 g/mol. The number of hydrogen-bond donors (Lipinski definition) is 2. The maximum absolute atomic E-state index is 14.2. The van der Waals surface area contributed by atoms with E-state index in [2.05, 4.69) is 24.9 Å². The SMILES string of the molecule is CCN(C(=O)c1cc(F)ccc1Oc1cncnc1N1CC[C@H](CNC[C@H]2CC[C@H](NS(C)(=O)=O)CC2)C1)C(C)C. The highest BCUT2D eigenvalue weighted by molar-refractivity contribution is 7.88. The van der Waals surface area contributed by atoms with E-state index in [9.17, 15) is 17.6 Å². The van der Waals surface area contributed by atoms with Crippen LogP contribution in [0.2, 0.25) is 0 Å². The Hall–Kier alpha value is -2.83. The van der Waals surface area contributed by atoms with Crippen molar-refractivity contribution in [1.82, 2.24) is 24.9 Å². The van der Waals surface area contributed by atoms with Gasteiger partial charge in [-0.15, -0.1) is 0 Å². The Kier molecular flexibility index (Phi) is 10.5. The van der Waals surface area contributed by atoms with Crippen LogP contribution in [0.5, 0.6) is 11.5 Å². The van der Waals surface area contributed by atoms with E-state index in [-0.39, 0.29) is 29.3 Å². The third-order valence-corrected chi connectivity index (χ3v) is 8.72. The van der Waals surface area contributed by atoms with Crippen LogP contribution in [-0.4, -0.2) is 80.3 Å². The summed E-state index contributed by atoms with van der Waals surface area (Å²) in [6.45, 7) is 9.67. The number of amides is 1. The number of carbonyl (C=O) groups is 1. The van der Waals surface area contributed by atoms with Crippen molar-refractivity contribution in [2.75, 3.05) is 43.9 Å².